The number of carbonyl (C=O) groups excluding carboxylic acids is 1. The molecule has 7 heteroatoms. The van der Waals surface area contributed by atoms with Gasteiger partial charge in [0.05, 0.1) is 23.7 Å². The average molecular weight is 336 g/mol. The summed E-state index contributed by atoms with van der Waals surface area (Å²) in [5.74, 6) is 0.717. The van der Waals surface area contributed by atoms with Gasteiger partial charge in [-0.05, 0) is 18.6 Å². The number of methoxy groups -OCH3 is 1. The number of benzene rings is 1. The van der Waals surface area contributed by atoms with Gasteiger partial charge in [-0.2, -0.15) is 0 Å². The van der Waals surface area contributed by atoms with E-state index in [9.17, 15) is 4.79 Å². The number of ether oxygens (including phenoxy) is 2. The van der Waals surface area contributed by atoms with Crippen LogP contribution in [0.3, 0.4) is 0 Å². The summed E-state index contributed by atoms with van der Waals surface area (Å²) in [4.78, 5) is 12.4. The Labute approximate surface area is 134 Å². The number of hydrogen-bond acceptors (Lipinski definition) is 4. The molecule has 0 radical (unpaired) electrons. The van der Waals surface area contributed by atoms with Crippen LogP contribution in [0, 0.1) is 0 Å². The number of β-amino-alcohol motifs (C(OH)–C–C–N with tert-alkyl or cyclic N) is 1. The Morgan fingerprint density at radius 1 is 1.43 bits per heavy atom. The van der Waals surface area contributed by atoms with E-state index in [1.54, 1.807) is 25.3 Å². The van der Waals surface area contributed by atoms with Gasteiger partial charge >= 0.3 is 6.09 Å². The third kappa shape index (κ3) is 5.99. The van der Waals surface area contributed by atoms with Crippen LogP contribution in [0.2, 0.25) is 10.0 Å². The summed E-state index contributed by atoms with van der Waals surface area (Å²) in [6, 6.07) is 5.13. The highest BCUT2D eigenvalue weighted by Crippen LogP contribution is 2.25. The first kappa shape index (κ1) is 17.9. The zero-order valence-electron chi connectivity index (χ0n) is 12.0. The molecule has 0 aliphatic carbocycles. The molecule has 1 unspecified atom stereocenters. The molecule has 0 saturated carbocycles. The van der Waals surface area contributed by atoms with E-state index in [2.05, 4.69) is 0 Å². The predicted octanol–water partition coefficient (Wildman–Crippen LogP) is 3.21. The van der Waals surface area contributed by atoms with Gasteiger partial charge in [0.15, 0.2) is 0 Å². The maximum absolute atomic E-state index is 10.9. The van der Waals surface area contributed by atoms with E-state index in [0.717, 1.165) is 12.2 Å². The molecule has 1 aromatic rings. The molecule has 1 aliphatic rings. The number of cyclic esters (lactones) is 1. The molecule has 5 nitrogen and oxygen atoms in total. The monoisotopic (exact) mass is 335 g/mol. The zero-order valence-corrected chi connectivity index (χ0v) is 13.5. The molecule has 1 aromatic carbocycles. The maximum Gasteiger partial charge on any atom is 0.409 e. The summed E-state index contributed by atoms with van der Waals surface area (Å²) in [6.45, 7) is 3.19. The largest absolute Gasteiger partial charge is 0.497 e. The molecular formula is C14H19Cl2NO4. The summed E-state index contributed by atoms with van der Waals surface area (Å²) in [7, 11) is 1.58. The molecule has 0 bridgehead atoms. The van der Waals surface area contributed by atoms with Crippen molar-refractivity contribution in [1.82, 2.24) is 4.90 Å². The number of amides is 1. The minimum atomic E-state index is -0.515. The Morgan fingerprint density at radius 2 is 2.14 bits per heavy atom. The maximum atomic E-state index is 10.9. The summed E-state index contributed by atoms with van der Waals surface area (Å²) >= 11 is 11.3. The van der Waals surface area contributed by atoms with E-state index < -0.39 is 6.10 Å². The molecule has 1 atom stereocenters. The lowest BCUT2D eigenvalue weighted by molar-refractivity contribution is -0.00545. The summed E-state index contributed by atoms with van der Waals surface area (Å²) < 4.78 is 9.60. The number of hydrogen-bond donors (Lipinski definition) is 1. The fourth-order valence-corrected chi connectivity index (χ4v) is 1.98. The topological polar surface area (TPSA) is 59.0 Å². The van der Waals surface area contributed by atoms with Crippen LogP contribution in [0.4, 0.5) is 4.79 Å². The summed E-state index contributed by atoms with van der Waals surface area (Å²) in [6.07, 6.45) is 0.0679. The lowest BCUT2D eigenvalue weighted by Crippen LogP contribution is -2.45. The smallest absolute Gasteiger partial charge is 0.409 e. The van der Waals surface area contributed by atoms with E-state index in [1.807, 2.05) is 6.92 Å². The Balaban J connectivity index is 0.000000211. The number of rotatable bonds is 3. The van der Waals surface area contributed by atoms with Gasteiger partial charge in [0, 0.05) is 12.6 Å². The molecule has 118 valence electrons. The molecule has 1 heterocycles. The highest BCUT2D eigenvalue weighted by Gasteiger charge is 2.24. The molecular weight excluding hydrogens is 317 g/mol. The number of halogens is 2. The van der Waals surface area contributed by atoms with Crippen molar-refractivity contribution in [1.29, 1.82) is 0 Å². The van der Waals surface area contributed by atoms with Crippen LogP contribution < -0.4 is 4.74 Å². The Bertz CT molecular complexity index is 470. The molecule has 1 aliphatic heterocycles. The van der Waals surface area contributed by atoms with Gasteiger partial charge in [0.2, 0.25) is 0 Å². The Hall–Kier alpha value is -1.17. The van der Waals surface area contributed by atoms with Gasteiger partial charge in [-0.15, -0.1) is 0 Å². The molecule has 1 saturated heterocycles. The van der Waals surface area contributed by atoms with Crippen LogP contribution in [-0.2, 0) is 4.74 Å². The first-order valence-electron chi connectivity index (χ1n) is 6.56. The number of nitrogens with zero attached hydrogens (tertiary/aromatic N) is 1. The SMILES string of the molecule is CCCN1CC(O)COC1=O.COc1ccc(Cl)c(Cl)c1. The molecule has 0 aromatic heterocycles. The second-order valence-electron chi connectivity index (χ2n) is 4.46. The van der Waals surface area contributed by atoms with Crippen molar-refractivity contribution < 1.29 is 19.4 Å². The highest BCUT2D eigenvalue weighted by molar-refractivity contribution is 6.42. The quantitative estimate of drug-likeness (QED) is 0.921. The standard InChI is InChI=1S/C7H6Cl2O.C7H13NO3/c1-10-5-2-3-6(8)7(9)4-5;1-2-3-8-4-6(9)5-11-7(8)10/h2-4H,1H3;6,9H,2-5H2,1H3. The zero-order chi connectivity index (χ0) is 15.8. The number of aliphatic hydroxyl groups excluding tert-OH is 1. The Morgan fingerprint density at radius 3 is 2.71 bits per heavy atom. The van der Waals surface area contributed by atoms with Crippen molar-refractivity contribution in [3.05, 3.63) is 28.2 Å². The number of carbonyl (C=O) groups is 1. The second-order valence-corrected chi connectivity index (χ2v) is 5.27. The molecule has 21 heavy (non-hydrogen) atoms. The minimum Gasteiger partial charge on any atom is -0.497 e. The van der Waals surface area contributed by atoms with Crippen molar-refractivity contribution in [3.8, 4) is 5.75 Å². The lowest BCUT2D eigenvalue weighted by Gasteiger charge is -2.29. The first-order chi connectivity index (χ1) is 9.97. The highest BCUT2D eigenvalue weighted by atomic mass is 35.5. The van der Waals surface area contributed by atoms with Crippen molar-refractivity contribution in [2.24, 2.45) is 0 Å². The third-order valence-corrected chi connectivity index (χ3v) is 3.45. The van der Waals surface area contributed by atoms with Crippen LogP contribution in [0.5, 0.6) is 5.75 Å². The summed E-state index contributed by atoms with van der Waals surface area (Å²) in [5, 5.41) is 10.2. The van der Waals surface area contributed by atoms with Crippen molar-refractivity contribution >= 4 is 29.3 Å². The molecule has 0 spiro atoms. The fourth-order valence-electron chi connectivity index (χ4n) is 1.70. The van der Waals surface area contributed by atoms with E-state index in [-0.39, 0.29) is 12.7 Å². The van der Waals surface area contributed by atoms with Crippen molar-refractivity contribution in [2.75, 3.05) is 26.8 Å². The summed E-state index contributed by atoms with van der Waals surface area (Å²) in [5.41, 5.74) is 0. The Kier molecular flexibility index (Phi) is 7.64. The van der Waals surface area contributed by atoms with Gasteiger partial charge in [-0.25, -0.2) is 4.79 Å². The van der Waals surface area contributed by atoms with E-state index in [4.69, 9.17) is 37.8 Å². The fraction of sp³-hybridized carbons (Fsp3) is 0.500. The molecule has 1 fully saturated rings. The van der Waals surface area contributed by atoms with Crippen LogP contribution in [0.15, 0.2) is 18.2 Å². The second kappa shape index (κ2) is 8.97. The average Bonchev–Trinajstić information content (AvgIpc) is 2.47. The van der Waals surface area contributed by atoms with Gasteiger partial charge in [0.25, 0.3) is 0 Å². The van der Waals surface area contributed by atoms with Crippen molar-refractivity contribution in [3.63, 3.8) is 0 Å². The van der Waals surface area contributed by atoms with E-state index >= 15 is 0 Å². The van der Waals surface area contributed by atoms with Crippen molar-refractivity contribution in [2.45, 2.75) is 19.4 Å². The molecule has 1 N–H and O–H groups in total. The van der Waals surface area contributed by atoms with Crippen LogP contribution in [-0.4, -0.2) is 49.0 Å². The predicted molar refractivity (Wildman–Crippen MR) is 82.2 cm³/mol. The van der Waals surface area contributed by atoms with Gasteiger partial charge < -0.3 is 19.5 Å². The normalized spacial score (nSPS) is 17.7. The van der Waals surface area contributed by atoms with Gasteiger partial charge in [-0.1, -0.05) is 30.1 Å². The minimum absolute atomic E-state index is 0.138. The number of aliphatic hydroxyl groups is 1. The lowest BCUT2D eigenvalue weighted by atomic mass is 10.3. The van der Waals surface area contributed by atoms with Gasteiger partial charge in [-0.3, -0.25) is 0 Å². The van der Waals surface area contributed by atoms with Crippen LogP contribution >= 0.6 is 23.2 Å². The van der Waals surface area contributed by atoms with Crippen LogP contribution in [0.25, 0.3) is 0 Å². The molecule has 2 rings (SSSR count). The van der Waals surface area contributed by atoms with E-state index in [0.29, 0.717) is 23.1 Å². The van der Waals surface area contributed by atoms with E-state index in [1.165, 1.54) is 4.90 Å². The molecule has 1 amide bonds. The van der Waals surface area contributed by atoms with Crippen LogP contribution in [0.1, 0.15) is 13.3 Å². The van der Waals surface area contributed by atoms with Gasteiger partial charge in [0.1, 0.15) is 18.5 Å². The first-order valence-corrected chi connectivity index (χ1v) is 7.32. The third-order valence-electron chi connectivity index (χ3n) is 2.71.